The molecule has 5 nitrogen and oxygen atoms in total. The molecule has 2 aromatic carbocycles. The van der Waals surface area contributed by atoms with Gasteiger partial charge in [0.25, 0.3) is 0 Å². The Kier molecular flexibility index (Phi) is 6.50. The molecule has 1 atom stereocenters. The first-order valence-corrected chi connectivity index (χ1v) is 10.9. The number of hydrogen-bond donors (Lipinski definition) is 0. The lowest BCUT2D eigenvalue weighted by Crippen LogP contribution is -2.23. The Morgan fingerprint density at radius 2 is 1.47 bits per heavy atom. The van der Waals surface area contributed by atoms with Crippen LogP contribution in [0.2, 0.25) is 0 Å². The molecule has 0 spiro atoms. The molecule has 0 bridgehead atoms. The number of rotatable bonds is 5. The van der Waals surface area contributed by atoms with E-state index < -0.39 is 11.7 Å². The highest BCUT2D eigenvalue weighted by molar-refractivity contribution is 5.62. The molecule has 4 rings (SSSR count). The number of benzene rings is 2. The molecular formula is C24H27F3N4O. The third kappa shape index (κ3) is 4.80. The van der Waals surface area contributed by atoms with E-state index >= 15 is 0 Å². The van der Waals surface area contributed by atoms with E-state index in [4.69, 9.17) is 4.74 Å². The van der Waals surface area contributed by atoms with Crippen molar-refractivity contribution in [3.05, 3.63) is 59.9 Å². The third-order valence-electron chi connectivity index (χ3n) is 5.88. The molecule has 1 saturated heterocycles. The minimum atomic E-state index is -4.39. The second kappa shape index (κ2) is 9.32. The molecule has 0 amide bonds. The van der Waals surface area contributed by atoms with Gasteiger partial charge in [-0.15, -0.1) is 5.10 Å². The number of ether oxygens (including phenoxy) is 1. The summed E-state index contributed by atoms with van der Waals surface area (Å²) in [5, 5.41) is 4.53. The van der Waals surface area contributed by atoms with Gasteiger partial charge in [-0.05, 0) is 68.3 Å². The molecule has 0 aliphatic carbocycles. The fourth-order valence-corrected chi connectivity index (χ4v) is 3.91. The standard InChI is InChI=1S/C24H27F3N4O/c1-17(32-2)22-28-23(31(29-22)21-13-9-19(10-14-21)24(25,26)27)18-7-11-20(12-8-18)30-15-5-3-4-6-16-30/h7-14,17H,3-6,15-16H2,1-2H3. The Labute approximate surface area is 185 Å². The van der Waals surface area contributed by atoms with Gasteiger partial charge in [0.1, 0.15) is 6.10 Å². The van der Waals surface area contributed by atoms with Gasteiger partial charge in [0.05, 0.1) is 11.3 Å². The number of nitrogens with zero attached hydrogens (tertiary/aromatic N) is 4. The van der Waals surface area contributed by atoms with E-state index in [-0.39, 0.29) is 6.10 Å². The van der Waals surface area contributed by atoms with Crippen molar-refractivity contribution in [1.29, 1.82) is 0 Å². The molecule has 0 N–H and O–H groups in total. The predicted molar refractivity (Wildman–Crippen MR) is 118 cm³/mol. The van der Waals surface area contributed by atoms with E-state index in [1.165, 1.54) is 43.5 Å². The van der Waals surface area contributed by atoms with E-state index in [9.17, 15) is 13.2 Å². The van der Waals surface area contributed by atoms with Gasteiger partial charge >= 0.3 is 6.18 Å². The number of hydrogen-bond acceptors (Lipinski definition) is 4. The van der Waals surface area contributed by atoms with Gasteiger partial charge in [0.15, 0.2) is 11.6 Å². The Morgan fingerprint density at radius 3 is 2.03 bits per heavy atom. The lowest BCUT2D eigenvalue weighted by Gasteiger charge is -2.22. The van der Waals surface area contributed by atoms with Crippen LogP contribution < -0.4 is 4.90 Å². The molecule has 0 saturated carbocycles. The van der Waals surface area contributed by atoms with Gasteiger partial charge in [0, 0.05) is 31.5 Å². The lowest BCUT2D eigenvalue weighted by atomic mass is 10.1. The number of halogens is 3. The fourth-order valence-electron chi connectivity index (χ4n) is 3.91. The number of aromatic nitrogens is 3. The zero-order chi connectivity index (χ0) is 22.7. The smallest absolute Gasteiger partial charge is 0.374 e. The highest BCUT2D eigenvalue weighted by atomic mass is 19.4. The summed E-state index contributed by atoms with van der Waals surface area (Å²) < 4.78 is 45.9. The first-order valence-electron chi connectivity index (χ1n) is 10.9. The Hall–Kier alpha value is -2.87. The quantitative estimate of drug-likeness (QED) is 0.481. The average molecular weight is 445 g/mol. The highest BCUT2D eigenvalue weighted by Crippen LogP contribution is 2.31. The number of alkyl halides is 3. The second-order valence-electron chi connectivity index (χ2n) is 8.08. The van der Waals surface area contributed by atoms with Gasteiger partial charge in [-0.2, -0.15) is 13.2 Å². The molecule has 1 aliphatic heterocycles. The van der Waals surface area contributed by atoms with Crippen LogP contribution in [0.25, 0.3) is 17.1 Å². The molecule has 1 aromatic heterocycles. The molecule has 2 heterocycles. The molecule has 1 unspecified atom stereocenters. The van der Waals surface area contributed by atoms with Gasteiger partial charge in [-0.1, -0.05) is 12.8 Å². The van der Waals surface area contributed by atoms with Gasteiger partial charge in [-0.25, -0.2) is 9.67 Å². The minimum Gasteiger partial charge on any atom is -0.374 e. The largest absolute Gasteiger partial charge is 0.416 e. The number of methoxy groups -OCH3 is 1. The van der Waals surface area contributed by atoms with Crippen molar-refractivity contribution in [3.8, 4) is 17.1 Å². The van der Waals surface area contributed by atoms with Crippen LogP contribution in [-0.4, -0.2) is 35.0 Å². The maximum atomic E-state index is 13.0. The molecule has 0 radical (unpaired) electrons. The maximum absolute atomic E-state index is 13.0. The highest BCUT2D eigenvalue weighted by Gasteiger charge is 2.30. The van der Waals surface area contributed by atoms with Crippen LogP contribution in [0.1, 0.15) is 50.1 Å². The molecule has 32 heavy (non-hydrogen) atoms. The summed E-state index contributed by atoms with van der Waals surface area (Å²) in [6, 6.07) is 13.1. The van der Waals surface area contributed by atoms with Crippen LogP contribution in [-0.2, 0) is 10.9 Å². The van der Waals surface area contributed by atoms with E-state index in [1.54, 1.807) is 11.8 Å². The van der Waals surface area contributed by atoms with E-state index in [0.717, 1.165) is 30.8 Å². The Morgan fingerprint density at radius 1 is 0.875 bits per heavy atom. The van der Waals surface area contributed by atoms with Crippen LogP contribution in [0.3, 0.4) is 0 Å². The summed E-state index contributed by atoms with van der Waals surface area (Å²) in [6.07, 6.45) is 0.199. The third-order valence-corrected chi connectivity index (χ3v) is 5.88. The maximum Gasteiger partial charge on any atom is 0.416 e. The van der Waals surface area contributed by atoms with E-state index in [1.807, 2.05) is 19.1 Å². The summed E-state index contributed by atoms with van der Waals surface area (Å²) in [7, 11) is 1.57. The van der Waals surface area contributed by atoms with Crippen molar-refractivity contribution in [2.75, 3.05) is 25.1 Å². The van der Waals surface area contributed by atoms with E-state index in [0.29, 0.717) is 17.3 Å². The van der Waals surface area contributed by atoms with Gasteiger partial charge < -0.3 is 9.64 Å². The monoisotopic (exact) mass is 444 g/mol. The fraction of sp³-hybridized carbons (Fsp3) is 0.417. The van der Waals surface area contributed by atoms with Crippen molar-refractivity contribution >= 4 is 5.69 Å². The predicted octanol–water partition coefficient (Wildman–Crippen LogP) is 6.04. The van der Waals surface area contributed by atoms with Crippen molar-refractivity contribution in [3.63, 3.8) is 0 Å². The summed E-state index contributed by atoms with van der Waals surface area (Å²) in [5.74, 6) is 1.03. The van der Waals surface area contributed by atoms with Gasteiger partial charge in [-0.3, -0.25) is 0 Å². The molecular weight excluding hydrogens is 417 g/mol. The van der Waals surface area contributed by atoms with Crippen LogP contribution in [0, 0.1) is 0 Å². The summed E-state index contributed by atoms with van der Waals surface area (Å²) in [5.41, 5.74) is 1.81. The summed E-state index contributed by atoms with van der Waals surface area (Å²) in [4.78, 5) is 7.05. The topological polar surface area (TPSA) is 43.2 Å². The average Bonchev–Trinajstić information content (AvgIpc) is 3.06. The van der Waals surface area contributed by atoms with Crippen molar-refractivity contribution in [2.45, 2.75) is 44.9 Å². The molecule has 1 aliphatic rings. The van der Waals surface area contributed by atoms with Crippen LogP contribution in [0.15, 0.2) is 48.5 Å². The SMILES string of the molecule is COC(C)c1nc(-c2ccc(N3CCCCCC3)cc2)n(-c2ccc(C(F)(F)F)cc2)n1. The first-order chi connectivity index (χ1) is 15.4. The number of anilines is 1. The van der Waals surface area contributed by atoms with Crippen LogP contribution >= 0.6 is 0 Å². The first kappa shape index (κ1) is 22.3. The molecule has 3 aromatic rings. The normalized spacial score (nSPS) is 16.1. The zero-order valence-electron chi connectivity index (χ0n) is 18.3. The Balaban J connectivity index is 1.69. The molecule has 1 fully saturated rings. The van der Waals surface area contributed by atoms with Crippen molar-refractivity contribution < 1.29 is 17.9 Å². The zero-order valence-corrected chi connectivity index (χ0v) is 18.3. The minimum absolute atomic E-state index is 0.346. The van der Waals surface area contributed by atoms with Crippen LogP contribution in [0.4, 0.5) is 18.9 Å². The van der Waals surface area contributed by atoms with Crippen molar-refractivity contribution in [2.24, 2.45) is 0 Å². The van der Waals surface area contributed by atoms with Crippen LogP contribution in [0.5, 0.6) is 0 Å². The van der Waals surface area contributed by atoms with Gasteiger partial charge in [0.2, 0.25) is 0 Å². The molecule has 8 heteroatoms. The lowest BCUT2D eigenvalue weighted by molar-refractivity contribution is -0.137. The van der Waals surface area contributed by atoms with Crippen molar-refractivity contribution in [1.82, 2.24) is 14.8 Å². The molecule has 170 valence electrons. The second-order valence-corrected chi connectivity index (χ2v) is 8.08. The summed E-state index contributed by atoms with van der Waals surface area (Å²) >= 11 is 0. The summed E-state index contributed by atoms with van der Waals surface area (Å²) in [6.45, 7) is 3.94. The Bertz CT molecular complexity index is 1020. The van der Waals surface area contributed by atoms with E-state index in [2.05, 4.69) is 27.1 Å².